The van der Waals surface area contributed by atoms with E-state index in [0.717, 1.165) is 36.7 Å². The Bertz CT molecular complexity index is 757. The summed E-state index contributed by atoms with van der Waals surface area (Å²) in [5, 5.41) is 1.57. The van der Waals surface area contributed by atoms with Gasteiger partial charge in [-0.2, -0.15) is 0 Å². The van der Waals surface area contributed by atoms with E-state index in [1.807, 2.05) is 18.2 Å². The number of halogens is 2. The largest absolute Gasteiger partial charge is 1.00 e. The van der Waals surface area contributed by atoms with Gasteiger partial charge >= 0.3 is 18.9 Å². The van der Waals surface area contributed by atoms with Gasteiger partial charge in [0.1, 0.15) is 11.5 Å². The van der Waals surface area contributed by atoms with Gasteiger partial charge in [0.25, 0.3) is 0 Å². The van der Waals surface area contributed by atoms with E-state index in [2.05, 4.69) is 13.8 Å². The van der Waals surface area contributed by atoms with Crippen LogP contribution in [0.15, 0.2) is 36.4 Å². The van der Waals surface area contributed by atoms with E-state index in [0.29, 0.717) is 34.6 Å². The molecule has 0 spiro atoms. The van der Waals surface area contributed by atoms with E-state index in [4.69, 9.17) is 32.7 Å². The SMILES string of the molecule is CCCCOc1ccc(PC(=O)c2c(Cl)cccc2Cl)c(OCCCC)c1.[H-].[Li+]. The Morgan fingerprint density at radius 3 is 2.21 bits per heavy atom. The summed E-state index contributed by atoms with van der Waals surface area (Å²) in [7, 11) is -0.130. The molecule has 0 aromatic heterocycles. The van der Waals surface area contributed by atoms with Gasteiger partial charge in [-0.15, -0.1) is 0 Å². The minimum atomic E-state index is -0.130. The maximum absolute atomic E-state index is 12.8. The molecule has 2 aromatic rings. The molecule has 0 bridgehead atoms. The summed E-state index contributed by atoms with van der Waals surface area (Å²) in [6, 6.07) is 10.7. The first kappa shape index (κ1) is 25.4. The first-order valence-electron chi connectivity index (χ1n) is 9.21. The van der Waals surface area contributed by atoms with Crippen LogP contribution in [-0.4, -0.2) is 18.7 Å². The molecule has 1 unspecified atom stereocenters. The fraction of sp³-hybridized carbons (Fsp3) is 0.381. The van der Waals surface area contributed by atoms with E-state index in [-0.39, 0.29) is 34.4 Å². The zero-order valence-electron chi connectivity index (χ0n) is 17.7. The van der Waals surface area contributed by atoms with Crippen molar-refractivity contribution in [2.24, 2.45) is 0 Å². The molecule has 0 saturated heterocycles. The summed E-state index contributed by atoms with van der Waals surface area (Å²) >= 11 is 12.4. The van der Waals surface area contributed by atoms with Gasteiger partial charge in [-0.1, -0.05) is 56.0 Å². The standard InChI is InChI=1S/C21H25Cl2O3P.Li.H/c1-3-5-12-25-15-10-11-19(18(14-15)26-13-6-4-2)27-21(24)20-16(22)8-7-9-17(20)23;;/h7-11,14,27H,3-6,12-13H2,1-2H3;;/q;+1;-1. The maximum Gasteiger partial charge on any atom is 1.00 e. The van der Waals surface area contributed by atoms with Crippen LogP contribution in [0.1, 0.15) is 51.3 Å². The molecule has 0 aliphatic heterocycles. The Hall–Kier alpha value is -0.683. The molecule has 28 heavy (non-hydrogen) atoms. The Balaban J connectivity index is 0.00000392. The fourth-order valence-electron chi connectivity index (χ4n) is 2.38. The van der Waals surface area contributed by atoms with Crippen LogP contribution in [-0.2, 0) is 0 Å². The van der Waals surface area contributed by atoms with Crippen molar-refractivity contribution in [1.82, 2.24) is 0 Å². The fourth-order valence-corrected chi connectivity index (χ4v) is 4.18. The van der Waals surface area contributed by atoms with Crippen LogP contribution < -0.4 is 33.6 Å². The Morgan fingerprint density at radius 1 is 1.00 bits per heavy atom. The van der Waals surface area contributed by atoms with Crippen molar-refractivity contribution < 1.29 is 34.6 Å². The van der Waals surface area contributed by atoms with Gasteiger partial charge < -0.3 is 10.9 Å². The molecule has 0 saturated carbocycles. The molecule has 0 amide bonds. The second kappa shape index (κ2) is 13.5. The van der Waals surface area contributed by atoms with E-state index < -0.39 is 0 Å². The van der Waals surface area contributed by atoms with Gasteiger partial charge in [-0.25, -0.2) is 0 Å². The monoisotopic (exact) mass is 434 g/mol. The molecule has 0 N–H and O–H groups in total. The van der Waals surface area contributed by atoms with Crippen molar-refractivity contribution in [2.75, 3.05) is 13.2 Å². The molecule has 2 rings (SSSR count). The van der Waals surface area contributed by atoms with Crippen molar-refractivity contribution in [3.8, 4) is 11.5 Å². The van der Waals surface area contributed by atoms with Crippen LogP contribution in [0.25, 0.3) is 0 Å². The minimum absolute atomic E-state index is 0. The topological polar surface area (TPSA) is 35.5 Å². The second-order valence-corrected chi connectivity index (χ2v) is 8.17. The van der Waals surface area contributed by atoms with Gasteiger partial charge in [0.05, 0.1) is 28.8 Å². The second-order valence-electron chi connectivity index (χ2n) is 6.11. The average Bonchev–Trinajstić information content (AvgIpc) is 2.64. The van der Waals surface area contributed by atoms with Gasteiger partial charge in [0.2, 0.25) is 0 Å². The van der Waals surface area contributed by atoms with Crippen LogP contribution in [0.5, 0.6) is 11.5 Å². The van der Waals surface area contributed by atoms with E-state index >= 15 is 0 Å². The molecule has 0 aliphatic carbocycles. The summed E-state index contributed by atoms with van der Waals surface area (Å²) in [6.07, 6.45) is 4.07. The number of benzene rings is 2. The van der Waals surface area contributed by atoms with Crippen molar-refractivity contribution in [3.05, 3.63) is 52.0 Å². The van der Waals surface area contributed by atoms with E-state index in [9.17, 15) is 4.79 Å². The van der Waals surface area contributed by atoms with Crippen molar-refractivity contribution in [2.45, 2.75) is 39.5 Å². The normalized spacial score (nSPS) is 10.7. The van der Waals surface area contributed by atoms with Crippen molar-refractivity contribution in [3.63, 3.8) is 0 Å². The Labute approximate surface area is 192 Å². The zero-order chi connectivity index (χ0) is 19.6. The molecule has 3 nitrogen and oxygen atoms in total. The number of hydrogen-bond donors (Lipinski definition) is 0. The molecule has 148 valence electrons. The van der Waals surface area contributed by atoms with Crippen molar-refractivity contribution >= 4 is 42.6 Å². The molecule has 0 fully saturated rings. The smallest absolute Gasteiger partial charge is 1.00 e. The zero-order valence-corrected chi connectivity index (χ0v) is 19.2. The summed E-state index contributed by atoms with van der Waals surface area (Å²) < 4.78 is 11.7. The number of rotatable bonds is 11. The summed E-state index contributed by atoms with van der Waals surface area (Å²) in [4.78, 5) is 12.8. The molecule has 7 heteroatoms. The number of hydrogen-bond acceptors (Lipinski definition) is 3. The van der Waals surface area contributed by atoms with Crippen LogP contribution in [0.4, 0.5) is 0 Å². The van der Waals surface area contributed by atoms with Crippen LogP contribution in [0.2, 0.25) is 10.0 Å². The summed E-state index contributed by atoms with van der Waals surface area (Å²) in [5.41, 5.74) is 0.257. The molecule has 0 radical (unpaired) electrons. The molecule has 0 heterocycles. The number of carbonyl (C=O) groups is 1. The third-order valence-corrected chi connectivity index (χ3v) is 5.70. The first-order valence-corrected chi connectivity index (χ1v) is 11.0. The van der Waals surface area contributed by atoms with Crippen LogP contribution in [0.3, 0.4) is 0 Å². The number of carbonyl (C=O) groups excluding carboxylic acids is 1. The van der Waals surface area contributed by atoms with E-state index in [1.165, 1.54) is 0 Å². The van der Waals surface area contributed by atoms with Gasteiger partial charge in [-0.3, -0.25) is 4.79 Å². The van der Waals surface area contributed by atoms with Gasteiger partial charge in [0, 0.05) is 11.4 Å². The molecule has 0 aliphatic rings. The molecule has 1 atom stereocenters. The predicted molar refractivity (Wildman–Crippen MR) is 117 cm³/mol. The quantitative estimate of drug-likeness (QED) is 0.308. The first-order chi connectivity index (χ1) is 13.1. The summed E-state index contributed by atoms with van der Waals surface area (Å²) in [5.74, 6) is 1.44. The third kappa shape index (κ3) is 7.62. The number of unbranched alkanes of at least 4 members (excludes halogenated alkanes) is 2. The van der Waals surface area contributed by atoms with E-state index in [1.54, 1.807) is 18.2 Å². The molecule has 2 aromatic carbocycles. The average molecular weight is 435 g/mol. The summed E-state index contributed by atoms with van der Waals surface area (Å²) in [6.45, 7) is 5.51. The minimum Gasteiger partial charge on any atom is -1.00 e. The predicted octanol–water partition coefficient (Wildman–Crippen LogP) is 3.61. The van der Waals surface area contributed by atoms with Crippen LogP contribution in [0, 0.1) is 0 Å². The van der Waals surface area contributed by atoms with Gasteiger partial charge in [-0.05, 0) is 45.7 Å². The maximum atomic E-state index is 12.8. The Morgan fingerprint density at radius 2 is 1.61 bits per heavy atom. The van der Waals surface area contributed by atoms with Gasteiger partial charge in [0.15, 0.2) is 5.52 Å². The van der Waals surface area contributed by atoms with Crippen molar-refractivity contribution in [1.29, 1.82) is 0 Å². The number of ether oxygens (including phenoxy) is 2. The molecular weight excluding hydrogens is 409 g/mol. The Kier molecular flexibility index (Phi) is 12.2. The van der Waals surface area contributed by atoms with Crippen LogP contribution >= 0.6 is 31.8 Å². The molecular formula is C21H26Cl2LiO3P. The third-order valence-electron chi connectivity index (χ3n) is 3.91.